The number of aliphatic hydroxyl groups is 1. The number of benzene rings is 1. The summed E-state index contributed by atoms with van der Waals surface area (Å²) in [6.45, 7) is 5.58. The Hall–Kier alpha value is -1.96. The predicted octanol–water partition coefficient (Wildman–Crippen LogP) is 3.80. The zero-order chi connectivity index (χ0) is 18.9. The SMILES string of the molecule is CC(C)(C)OC(=O)N1CCC(O)(c2ccccc2OC(F)(F)F)CC1. The maximum absolute atomic E-state index is 12.6. The average Bonchev–Trinajstić information content (AvgIpc) is 2.45. The lowest BCUT2D eigenvalue weighted by atomic mass is 9.84. The quantitative estimate of drug-likeness (QED) is 0.870. The highest BCUT2D eigenvalue weighted by molar-refractivity contribution is 5.68. The van der Waals surface area contributed by atoms with Crippen molar-refractivity contribution in [2.75, 3.05) is 13.1 Å². The van der Waals surface area contributed by atoms with Gasteiger partial charge in [-0.05, 0) is 39.7 Å². The van der Waals surface area contributed by atoms with Crippen LogP contribution in [0, 0.1) is 0 Å². The lowest BCUT2D eigenvalue weighted by molar-refractivity contribution is -0.275. The molecule has 0 atom stereocenters. The monoisotopic (exact) mass is 361 g/mol. The van der Waals surface area contributed by atoms with Crippen molar-refractivity contribution >= 4 is 6.09 Å². The van der Waals surface area contributed by atoms with Crippen LogP contribution in [0.2, 0.25) is 0 Å². The third kappa shape index (κ3) is 5.26. The van der Waals surface area contributed by atoms with E-state index in [0.29, 0.717) is 0 Å². The van der Waals surface area contributed by atoms with Crippen LogP contribution in [0.15, 0.2) is 24.3 Å². The van der Waals surface area contributed by atoms with Gasteiger partial charge in [-0.2, -0.15) is 0 Å². The van der Waals surface area contributed by atoms with Gasteiger partial charge in [0.1, 0.15) is 11.4 Å². The fourth-order valence-corrected chi connectivity index (χ4v) is 2.72. The largest absolute Gasteiger partial charge is 0.573 e. The summed E-state index contributed by atoms with van der Waals surface area (Å²) in [5.74, 6) is -0.428. The average molecular weight is 361 g/mol. The van der Waals surface area contributed by atoms with Crippen molar-refractivity contribution in [2.24, 2.45) is 0 Å². The molecule has 1 aromatic rings. The third-order valence-corrected chi connectivity index (χ3v) is 3.86. The van der Waals surface area contributed by atoms with Crippen LogP contribution in [-0.4, -0.2) is 41.2 Å². The van der Waals surface area contributed by atoms with Crippen molar-refractivity contribution in [2.45, 2.75) is 51.2 Å². The van der Waals surface area contributed by atoms with Crippen LogP contribution in [0.5, 0.6) is 5.75 Å². The van der Waals surface area contributed by atoms with E-state index in [9.17, 15) is 23.1 Å². The Morgan fingerprint density at radius 1 is 1.16 bits per heavy atom. The van der Waals surface area contributed by atoms with Crippen LogP contribution >= 0.6 is 0 Å². The molecule has 0 radical (unpaired) electrons. The standard InChI is InChI=1S/C17H22F3NO4/c1-15(2,3)25-14(22)21-10-8-16(23,9-11-21)12-6-4-5-7-13(12)24-17(18,19)20/h4-7,23H,8-11H2,1-3H3. The van der Waals surface area contributed by atoms with E-state index in [-0.39, 0.29) is 31.5 Å². The molecule has 2 rings (SSSR count). The Bertz CT molecular complexity index is 617. The van der Waals surface area contributed by atoms with Gasteiger partial charge in [0.25, 0.3) is 0 Å². The second kappa shape index (κ2) is 6.74. The van der Waals surface area contributed by atoms with Gasteiger partial charge in [0.05, 0.1) is 5.60 Å². The van der Waals surface area contributed by atoms with Gasteiger partial charge in [0.15, 0.2) is 0 Å². The van der Waals surface area contributed by atoms with E-state index in [1.807, 2.05) is 0 Å². The van der Waals surface area contributed by atoms with E-state index in [1.165, 1.54) is 29.2 Å². The van der Waals surface area contributed by atoms with Gasteiger partial charge in [-0.1, -0.05) is 18.2 Å². The molecule has 0 unspecified atom stereocenters. The molecule has 1 aromatic carbocycles. The Morgan fingerprint density at radius 3 is 2.24 bits per heavy atom. The first-order chi connectivity index (χ1) is 11.4. The number of hydrogen-bond acceptors (Lipinski definition) is 4. The number of alkyl halides is 3. The van der Waals surface area contributed by atoms with Gasteiger partial charge in [0.2, 0.25) is 0 Å². The summed E-state index contributed by atoms with van der Waals surface area (Å²) in [5, 5.41) is 10.8. The zero-order valence-corrected chi connectivity index (χ0v) is 14.4. The summed E-state index contributed by atoms with van der Waals surface area (Å²) < 4.78 is 47.0. The fourth-order valence-electron chi connectivity index (χ4n) is 2.72. The van der Waals surface area contributed by atoms with E-state index in [1.54, 1.807) is 20.8 Å². The predicted molar refractivity (Wildman–Crippen MR) is 84.1 cm³/mol. The molecule has 1 heterocycles. The van der Waals surface area contributed by atoms with Gasteiger partial charge in [-0.3, -0.25) is 0 Å². The van der Waals surface area contributed by atoms with Gasteiger partial charge >= 0.3 is 12.5 Å². The van der Waals surface area contributed by atoms with Crippen LogP contribution < -0.4 is 4.74 Å². The number of para-hydroxylation sites is 1. The molecule has 8 heteroatoms. The molecule has 0 aromatic heterocycles. The molecule has 1 fully saturated rings. The number of hydrogen-bond donors (Lipinski definition) is 1. The van der Waals surface area contributed by atoms with Crippen molar-refractivity contribution in [3.63, 3.8) is 0 Å². The molecule has 1 N–H and O–H groups in total. The Morgan fingerprint density at radius 2 is 1.72 bits per heavy atom. The van der Waals surface area contributed by atoms with Crippen molar-refractivity contribution < 1.29 is 32.5 Å². The van der Waals surface area contributed by atoms with Gasteiger partial charge in [0, 0.05) is 18.7 Å². The number of likely N-dealkylation sites (tertiary alicyclic amines) is 1. The summed E-state index contributed by atoms with van der Waals surface area (Å²) >= 11 is 0. The molecule has 0 bridgehead atoms. The van der Waals surface area contributed by atoms with Gasteiger partial charge < -0.3 is 19.5 Å². The molecule has 25 heavy (non-hydrogen) atoms. The van der Waals surface area contributed by atoms with E-state index >= 15 is 0 Å². The van der Waals surface area contributed by atoms with Crippen molar-refractivity contribution in [3.05, 3.63) is 29.8 Å². The maximum Gasteiger partial charge on any atom is 0.573 e. The maximum atomic E-state index is 12.6. The molecule has 0 aliphatic carbocycles. The van der Waals surface area contributed by atoms with E-state index in [4.69, 9.17) is 4.74 Å². The topological polar surface area (TPSA) is 59.0 Å². The van der Waals surface area contributed by atoms with E-state index in [2.05, 4.69) is 4.74 Å². The van der Waals surface area contributed by atoms with Gasteiger partial charge in [-0.25, -0.2) is 4.79 Å². The number of carbonyl (C=O) groups is 1. The minimum Gasteiger partial charge on any atom is -0.444 e. The number of piperidine rings is 1. The lowest BCUT2D eigenvalue weighted by Gasteiger charge is -2.39. The molecule has 140 valence electrons. The summed E-state index contributed by atoms with van der Waals surface area (Å²) in [4.78, 5) is 13.5. The number of rotatable bonds is 2. The normalized spacial score (nSPS) is 18.0. The molecule has 1 aliphatic rings. The zero-order valence-electron chi connectivity index (χ0n) is 14.4. The number of nitrogens with zero attached hydrogens (tertiary/aromatic N) is 1. The first kappa shape index (κ1) is 19.4. The summed E-state index contributed by atoms with van der Waals surface area (Å²) in [6.07, 6.45) is -5.17. The third-order valence-electron chi connectivity index (χ3n) is 3.86. The van der Waals surface area contributed by atoms with Gasteiger partial charge in [-0.15, -0.1) is 13.2 Å². The Labute approximate surface area is 144 Å². The number of amides is 1. The Balaban J connectivity index is 2.12. The number of carbonyl (C=O) groups excluding carboxylic acids is 1. The second-order valence-corrected chi connectivity index (χ2v) is 7.04. The van der Waals surface area contributed by atoms with Crippen molar-refractivity contribution in [3.8, 4) is 5.75 Å². The van der Waals surface area contributed by atoms with Crippen LogP contribution in [0.4, 0.5) is 18.0 Å². The number of halogens is 3. The lowest BCUT2D eigenvalue weighted by Crippen LogP contribution is -2.47. The van der Waals surface area contributed by atoms with Crippen molar-refractivity contribution in [1.29, 1.82) is 0 Å². The Kier molecular flexibility index (Phi) is 5.22. The molecule has 1 aliphatic heterocycles. The van der Waals surface area contributed by atoms with Crippen LogP contribution in [0.1, 0.15) is 39.2 Å². The second-order valence-electron chi connectivity index (χ2n) is 7.04. The summed E-state index contributed by atoms with van der Waals surface area (Å²) in [7, 11) is 0. The molecule has 1 saturated heterocycles. The highest BCUT2D eigenvalue weighted by Crippen LogP contribution is 2.39. The molecular weight excluding hydrogens is 339 g/mol. The smallest absolute Gasteiger partial charge is 0.444 e. The minimum absolute atomic E-state index is 0.0659. The first-order valence-corrected chi connectivity index (χ1v) is 7.95. The van der Waals surface area contributed by atoms with Crippen molar-refractivity contribution in [1.82, 2.24) is 4.90 Å². The van der Waals surface area contributed by atoms with Crippen LogP contribution in [-0.2, 0) is 10.3 Å². The molecule has 0 saturated carbocycles. The van der Waals surface area contributed by atoms with Crippen LogP contribution in [0.3, 0.4) is 0 Å². The summed E-state index contributed by atoms with van der Waals surface area (Å²) in [6, 6.07) is 5.52. The molecule has 5 nitrogen and oxygen atoms in total. The number of ether oxygens (including phenoxy) is 2. The molecule has 1 amide bonds. The molecular formula is C17H22F3NO4. The minimum atomic E-state index is -4.84. The van der Waals surface area contributed by atoms with E-state index < -0.39 is 29.4 Å². The highest BCUT2D eigenvalue weighted by Gasteiger charge is 2.40. The highest BCUT2D eigenvalue weighted by atomic mass is 19.4. The van der Waals surface area contributed by atoms with Crippen LogP contribution in [0.25, 0.3) is 0 Å². The van der Waals surface area contributed by atoms with E-state index in [0.717, 1.165) is 0 Å². The summed E-state index contributed by atoms with van der Waals surface area (Å²) in [5.41, 5.74) is -2.07. The molecule has 0 spiro atoms. The fraction of sp³-hybridized carbons (Fsp3) is 0.588. The first-order valence-electron chi connectivity index (χ1n) is 7.95.